The minimum Gasteiger partial charge on any atom is -0.492 e. The number of benzene rings is 1. The first-order valence-electron chi connectivity index (χ1n) is 6.17. The number of rotatable bonds is 5. The van der Waals surface area contributed by atoms with Gasteiger partial charge in [-0.25, -0.2) is 9.97 Å². The number of ether oxygens (including phenoxy) is 1. The average molecular weight is 258 g/mol. The summed E-state index contributed by atoms with van der Waals surface area (Å²) in [5, 5.41) is 3.18. The van der Waals surface area contributed by atoms with Gasteiger partial charge in [-0.3, -0.25) is 0 Å². The molecule has 0 aliphatic heterocycles. The monoisotopic (exact) mass is 258 g/mol. The van der Waals surface area contributed by atoms with Crippen LogP contribution >= 0.6 is 0 Å². The van der Waals surface area contributed by atoms with Crippen LogP contribution in [0, 0.1) is 13.8 Å². The number of hydrogen-bond donors (Lipinski definition) is 2. The Morgan fingerprint density at radius 2 is 2.11 bits per heavy atom. The van der Waals surface area contributed by atoms with Gasteiger partial charge in [-0.15, -0.1) is 0 Å². The van der Waals surface area contributed by atoms with Crippen LogP contribution < -0.4 is 15.8 Å². The van der Waals surface area contributed by atoms with Crippen LogP contribution in [0.5, 0.6) is 5.75 Å². The number of nitrogens with one attached hydrogen (secondary N) is 1. The Labute approximate surface area is 112 Å². The van der Waals surface area contributed by atoms with Crippen LogP contribution in [-0.4, -0.2) is 23.1 Å². The molecule has 1 aromatic carbocycles. The van der Waals surface area contributed by atoms with Gasteiger partial charge in [0, 0.05) is 5.56 Å². The lowest BCUT2D eigenvalue weighted by atomic mass is 10.2. The lowest BCUT2D eigenvalue weighted by Gasteiger charge is -2.10. The predicted molar refractivity (Wildman–Crippen MR) is 76.3 cm³/mol. The highest BCUT2D eigenvalue weighted by atomic mass is 16.5. The van der Waals surface area contributed by atoms with E-state index in [9.17, 15) is 0 Å². The van der Waals surface area contributed by atoms with Crippen molar-refractivity contribution in [1.82, 2.24) is 9.97 Å². The average Bonchev–Trinajstić information content (AvgIpc) is 2.39. The van der Waals surface area contributed by atoms with Crippen molar-refractivity contribution in [3.05, 3.63) is 41.7 Å². The first-order valence-corrected chi connectivity index (χ1v) is 6.17. The summed E-state index contributed by atoms with van der Waals surface area (Å²) in [6.07, 6.45) is 1.45. The van der Waals surface area contributed by atoms with Crippen LogP contribution in [0.4, 0.5) is 11.6 Å². The van der Waals surface area contributed by atoms with Crippen LogP contribution in [0.15, 0.2) is 30.6 Å². The molecule has 0 amide bonds. The third kappa shape index (κ3) is 3.58. The van der Waals surface area contributed by atoms with Crippen LogP contribution in [0.2, 0.25) is 0 Å². The summed E-state index contributed by atoms with van der Waals surface area (Å²) < 4.78 is 5.64. The van der Waals surface area contributed by atoms with Crippen molar-refractivity contribution in [3.63, 3.8) is 0 Å². The number of hydrogen-bond acceptors (Lipinski definition) is 5. The SMILES string of the molecule is Cc1cccc(OCCNc2ncnc(N)c2C)c1. The standard InChI is InChI=1S/C14H18N4O/c1-10-4-3-5-12(8-10)19-7-6-16-14-11(2)13(15)17-9-18-14/h3-5,8-9H,6-7H2,1-2H3,(H3,15,16,17,18). The van der Waals surface area contributed by atoms with Crippen molar-refractivity contribution in [1.29, 1.82) is 0 Å². The molecule has 0 atom stereocenters. The van der Waals surface area contributed by atoms with Gasteiger partial charge in [0.15, 0.2) is 0 Å². The van der Waals surface area contributed by atoms with Gasteiger partial charge >= 0.3 is 0 Å². The fourth-order valence-electron chi connectivity index (χ4n) is 1.69. The molecule has 2 aromatic rings. The molecule has 0 radical (unpaired) electrons. The zero-order valence-electron chi connectivity index (χ0n) is 11.2. The van der Waals surface area contributed by atoms with E-state index in [0.29, 0.717) is 19.0 Å². The molecule has 1 heterocycles. The van der Waals surface area contributed by atoms with Crippen LogP contribution in [-0.2, 0) is 0 Å². The highest BCUT2D eigenvalue weighted by Crippen LogP contribution is 2.15. The predicted octanol–water partition coefficient (Wildman–Crippen LogP) is 2.17. The van der Waals surface area contributed by atoms with E-state index in [1.165, 1.54) is 11.9 Å². The van der Waals surface area contributed by atoms with Gasteiger partial charge < -0.3 is 15.8 Å². The number of nitrogens with two attached hydrogens (primary N) is 1. The van der Waals surface area contributed by atoms with E-state index in [1.807, 2.05) is 38.1 Å². The Morgan fingerprint density at radius 1 is 1.26 bits per heavy atom. The molecular formula is C14H18N4O. The number of aryl methyl sites for hydroxylation is 1. The van der Waals surface area contributed by atoms with E-state index in [1.54, 1.807) is 0 Å². The normalized spacial score (nSPS) is 10.2. The van der Waals surface area contributed by atoms with Crippen LogP contribution in [0.3, 0.4) is 0 Å². The molecule has 0 spiro atoms. The Hall–Kier alpha value is -2.30. The van der Waals surface area contributed by atoms with Gasteiger partial charge in [0.05, 0.1) is 6.54 Å². The second-order valence-electron chi connectivity index (χ2n) is 4.32. The molecule has 2 rings (SSSR count). The van der Waals surface area contributed by atoms with Crippen LogP contribution in [0.25, 0.3) is 0 Å². The molecular weight excluding hydrogens is 240 g/mol. The van der Waals surface area contributed by atoms with E-state index in [2.05, 4.69) is 15.3 Å². The molecule has 0 aliphatic rings. The maximum atomic E-state index is 5.71. The molecule has 1 aromatic heterocycles. The van der Waals surface area contributed by atoms with E-state index in [-0.39, 0.29) is 0 Å². The van der Waals surface area contributed by atoms with Gasteiger partial charge in [0.1, 0.15) is 30.3 Å². The molecule has 5 heteroatoms. The van der Waals surface area contributed by atoms with E-state index in [4.69, 9.17) is 10.5 Å². The molecule has 5 nitrogen and oxygen atoms in total. The summed E-state index contributed by atoms with van der Waals surface area (Å²) in [7, 11) is 0. The summed E-state index contributed by atoms with van der Waals surface area (Å²) >= 11 is 0. The van der Waals surface area contributed by atoms with Gasteiger partial charge in [-0.05, 0) is 31.5 Å². The second kappa shape index (κ2) is 6.04. The largest absolute Gasteiger partial charge is 0.492 e. The molecule has 0 aliphatic carbocycles. The zero-order valence-corrected chi connectivity index (χ0v) is 11.2. The van der Waals surface area contributed by atoms with Crippen molar-refractivity contribution in [2.24, 2.45) is 0 Å². The molecule has 0 bridgehead atoms. The molecule has 19 heavy (non-hydrogen) atoms. The molecule has 3 N–H and O–H groups in total. The fourth-order valence-corrected chi connectivity index (χ4v) is 1.69. The van der Waals surface area contributed by atoms with Gasteiger partial charge in [-0.2, -0.15) is 0 Å². The molecule has 0 saturated heterocycles. The van der Waals surface area contributed by atoms with Gasteiger partial charge in [0.25, 0.3) is 0 Å². The second-order valence-corrected chi connectivity index (χ2v) is 4.32. The minimum atomic E-state index is 0.497. The summed E-state index contributed by atoms with van der Waals surface area (Å²) in [4.78, 5) is 8.06. The van der Waals surface area contributed by atoms with Gasteiger partial charge in [-0.1, -0.05) is 12.1 Å². The van der Waals surface area contributed by atoms with Crippen molar-refractivity contribution in [2.75, 3.05) is 24.2 Å². The quantitative estimate of drug-likeness (QED) is 0.804. The first-order chi connectivity index (χ1) is 9.16. The van der Waals surface area contributed by atoms with E-state index in [0.717, 1.165) is 17.1 Å². The van der Waals surface area contributed by atoms with E-state index < -0.39 is 0 Å². The zero-order chi connectivity index (χ0) is 13.7. The Balaban J connectivity index is 1.82. The first kappa shape index (κ1) is 13.1. The maximum absolute atomic E-state index is 5.71. The molecule has 0 saturated carbocycles. The minimum absolute atomic E-state index is 0.497. The summed E-state index contributed by atoms with van der Waals surface area (Å²) in [6, 6.07) is 7.97. The van der Waals surface area contributed by atoms with E-state index >= 15 is 0 Å². The van der Waals surface area contributed by atoms with Crippen molar-refractivity contribution in [3.8, 4) is 5.75 Å². The number of aromatic nitrogens is 2. The number of nitrogen functional groups attached to an aromatic ring is 1. The third-order valence-electron chi connectivity index (χ3n) is 2.78. The number of anilines is 2. The van der Waals surface area contributed by atoms with Crippen molar-refractivity contribution in [2.45, 2.75) is 13.8 Å². The number of nitrogens with zero attached hydrogens (tertiary/aromatic N) is 2. The van der Waals surface area contributed by atoms with Gasteiger partial charge in [0.2, 0.25) is 0 Å². The Bertz CT molecular complexity index is 557. The van der Waals surface area contributed by atoms with Crippen LogP contribution in [0.1, 0.15) is 11.1 Å². The van der Waals surface area contributed by atoms with Crippen molar-refractivity contribution < 1.29 is 4.74 Å². The smallest absolute Gasteiger partial charge is 0.134 e. The highest BCUT2D eigenvalue weighted by Gasteiger charge is 2.03. The summed E-state index contributed by atoms with van der Waals surface area (Å²) in [6.45, 7) is 5.15. The molecule has 0 unspecified atom stereocenters. The highest BCUT2D eigenvalue weighted by molar-refractivity contribution is 5.53. The van der Waals surface area contributed by atoms with Crippen molar-refractivity contribution >= 4 is 11.6 Å². The Morgan fingerprint density at radius 3 is 2.89 bits per heavy atom. The molecule has 0 fully saturated rings. The third-order valence-corrected chi connectivity index (χ3v) is 2.78. The summed E-state index contributed by atoms with van der Waals surface area (Å²) in [5.74, 6) is 2.12. The lowest BCUT2D eigenvalue weighted by Crippen LogP contribution is -2.14. The summed E-state index contributed by atoms with van der Waals surface area (Å²) in [5.41, 5.74) is 7.75. The lowest BCUT2D eigenvalue weighted by molar-refractivity contribution is 0.332. The maximum Gasteiger partial charge on any atom is 0.134 e. The molecule has 100 valence electrons. The topological polar surface area (TPSA) is 73.1 Å². The fraction of sp³-hybridized carbons (Fsp3) is 0.286. The Kier molecular flexibility index (Phi) is 4.18.